The normalized spacial score (nSPS) is 14.4. The molecule has 1 atom stereocenters. The van der Waals surface area contributed by atoms with Gasteiger partial charge in [0.2, 0.25) is 9.84 Å². The summed E-state index contributed by atoms with van der Waals surface area (Å²) in [6.45, 7) is 1.80. The van der Waals surface area contributed by atoms with Crippen molar-refractivity contribution >= 4 is 21.3 Å². The molecule has 2 heterocycles. The summed E-state index contributed by atoms with van der Waals surface area (Å²) < 4.78 is 27.8. The third kappa shape index (κ3) is 3.32. The number of fused-ring (bicyclic) bond motifs is 3. The average Bonchev–Trinajstić information content (AvgIpc) is 3.25. The van der Waals surface area contributed by atoms with Crippen molar-refractivity contribution in [3.63, 3.8) is 0 Å². The van der Waals surface area contributed by atoms with Gasteiger partial charge in [-0.25, -0.2) is 13.4 Å². The minimum Gasteiger partial charge on any atom is -0.364 e. The number of hydrogen-bond donors (Lipinski definition) is 2. The molecular weight excluding hydrogens is 452 g/mol. The Labute approximate surface area is 195 Å². The molecule has 0 spiro atoms. The number of hydrogen-bond acceptors (Lipinski definition) is 6. The Kier molecular flexibility index (Phi) is 4.96. The van der Waals surface area contributed by atoms with Crippen molar-refractivity contribution in [1.29, 1.82) is 5.26 Å². The van der Waals surface area contributed by atoms with Gasteiger partial charge in [0.25, 0.3) is 0 Å². The van der Waals surface area contributed by atoms with Crippen LogP contribution in [0.3, 0.4) is 0 Å². The van der Waals surface area contributed by atoms with Gasteiger partial charge < -0.3 is 15.4 Å². The molecule has 34 heavy (non-hydrogen) atoms. The summed E-state index contributed by atoms with van der Waals surface area (Å²) in [6.07, 6.45) is 0. The van der Waals surface area contributed by atoms with Crippen LogP contribution in [0.25, 0.3) is 22.4 Å². The van der Waals surface area contributed by atoms with Crippen LogP contribution < -0.4 is 5.32 Å². The number of aryl methyl sites for hydroxylation is 1. The lowest BCUT2D eigenvalue weighted by atomic mass is 9.94. The van der Waals surface area contributed by atoms with E-state index in [9.17, 15) is 18.5 Å². The first-order valence-electron chi connectivity index (χ1n) is 10.4. The Morgan fingerprint density at radius 2 is 1.76 bits per heavy atom. The fourth-order valence-corrected chi connectivity index (χ4v) is 6.03. The van der Waals surface area contributed by atoms with Crippen LogP contribution in [0.5, 0.6) is 0 Å². The molecule has 0 amide bonds. The minimum atomic E-state index is -4.00. The van der Waals surface area contributed by atoms with Crippen LogP contribution in [0.2, 0.25) is 0 Å². The molecule has 8 nitrogen and oxygen atoms in total. The lowest BCUT2D eigenvalue weighted by Gasteiger charge is -2.27. The van der Waals surface area contributed by atoms with Crippen molar-refractivity contribution in [2.24, 2.45) is 0 Å². The van der Waals surface area contributed by atoms with E-state index in [2.05, 4.69) is 10.3 Å². The molecule has 2 N–H and O–H groups in total. The largest absolute Gasteiger partial charge is 0.364 e. The maximum atomic E-state index is 13.9. The van der Waals surface area contributed by atoms with Crippen molar-refractivity contribution in [3.05, 3.63) is 99.6 Å². The molecule has 0 bridgehead atoms. The van der Waals surface area contributed by atoms with E-state index in [-0.39, 0.29) is 21.8 Å². The summed E-state index contributed by atoms with van der Waals surface area (Å²) in [5.41, 5.74) is 3.59. The van der Waals surface area contributed by atoms with E-state index < -0.39 is 20.1 Å². The third-order valence-electron chi connectivity index (χ3n) is 5.88. The third-order valence-corrected chi connectivity index (χ3v) is 7.76. The Bertz CT molecular complexity index is 1600. The Morgan fingerprint density at radius 3 is 2.44 bits per heavy atom. The predicted octanol–water partition coefficient (Wildman–Crippen LogP) is 5.34. The average molecular weight is 471 g/mol. The summed E-state index contributed by atoms with van der Waals surface area (Å²) in [5, 5.41) is 23.0. The summed E-state index contributed by atoms with van der Waals surface area (Å²) in [7, 11) is -4.00. The zero-order valence-corrected chi connectivity index (χ0v) is 18.8. The fraction of sp³-hybridized carbons (Fsp3) is 0.0800. The van der Waals surface area contributed by atoms with Crippen LogP contribution in [0.15, 0.2) is 77.7 Å². The molecule has 168 valence electrons. The van der Waals surface area contributed by atoms with Gasteiger partial charge in [-0.1, -0.05) is 30.3 Å². The highest BCUT2D eigenvalue weighted by Gasteiger charge is 2.43. The first-order valence-corrected chi connectivity index (χ1v) is 11.9. The number of para-hydroxylation sites is 1. The van der Waals surface area contributed by atoms with Crippen molar-refractivity contribution < 1.29 is 13.3 Å². The summed E-state index contributed by atoms with van der Waals surface area (Å²) in [6, 6.07) is 22.0. The van der Waals surface area contributed by atoms with E-state index in [1.165, 1.54) is 6.07 Å². The van der Waals surface area contributed by atoms with Crippen molar-refractivity contribution in [1.82, 2.24) is 4.98 Å². The van der Waals surface area contributed by atoms with Crippen LogP contribution in [0.1, 0.15) is 22.1 Å². The van der Waals surface area contributed by atoms with Gasteiger partial charge in [-0.05, 0) is 59.9 Å². The molecule has 5 rings (SSSR count). The zero-order valence-electron chi connectivity index (χ0n) is 17.9. The number of nitro groups is 1. The van der Waals surface area contributed by atoms with Gasteiger partial charge in [0.15, 0.2) is 5.37 Å². The quantitative estimate of drug-likeness (QED) is 0.306. The van der Waals surface area contributed by atoms with Crippen LogP contribution in [-0.2, 0) is 9.84 Å². The number of nitrogens with zero attached hydrogens (tertiary/aromatic N) is 2. The van der Waals surface area contributed by atoms with Gasteiger partial charge in [-0.3, -0.25) is 0 Å². The van der Waals surface area contributed by atoms with Crippen LogP contribution in [-0.4, -0.2) is 18.3 Å². The molecule has 3 aromatic carbocycles. The molecule has 1 aliphatic heterocycles. The van der Waals surface area contributed by atoms with E-state index in [0.29, 0.717) is 28.1 Å². The highest BCUT2D eigenvalue weighted by molar-refractivity contribution is 7.91. The van der Waals surface area contributed by atoms with Gasteiger partial charge in [0, 0.05) is 16.8 Å². The summed E-state index contributed by atoms with van der Waals surface area (Å²) in [5.74, 6) is -0.284. The number of nitriles is 1. The second kappa shape index (κ2) is 7.86. The number of sulfone groups is 1. The van der Waals surface area contributed by atoms with E-state index >= 15 is 0 Å². The van der Waals surface area contributed by atoms with Gasteiger partial charge >= 0.3 is 5.82 Å². The topological polar surface area (TPSA) is 129 Å². The predicted molar refractivity (Wildman–Crippen MR) is 128 cm³/mol. The molecule has 1 aromatic heterocycles. The lowest BCUT2D eigenvalue weighted by molar-refractivity contribution is -0.388. The fourth-order valence-electron chi connectivity index (χ4n) is 4.31. The van der Waals surface area contributed by atoms with E-state index in [0.717, 1.165) is 5.56 Å². The highest BCUT2D eigenvalue weighted by atomic mass is 32.2. The number of aromatic amines is 1. The Morgan fingerprint density at radius 1 is 1.03 bits per heavy atom. The van der Waals surface area contributed by atoms with Gasteiger partial charge in [0.1, 0.15) is 5.69 Å². The van der Waals surface area contributed by atoms with Crippen LogP contribution in [0.4, 0.5) is 11.5 Å². The molecular formula is C25H18N4O4S. The van der Waals surface area contributed by atoms with Gasteiger partial charge in [-0.2, -0.15) is 5.26 Å². The number of anilines is 1. The number of aromatic nitrogens is 1. The van der Waals surface area contributed by atoms with E-state index in [4.69, 9.17) is 5.26 Å². The molecule has 4 aromatic rings. The molecule has 0 aliphatic carbocycles. The van der Waals surface area contributed by atoms with E-state index in [1.54, 1.807) is 73.7 Å². The number of benzene rings is 3. The lowest BCUT2D eigenvalue weighted by Crippen LogP contribution is -2.25. The molecule has 0 saturated carbocycles. The van der Waals surface area contributed by atoms with Crippen molar-refractivity contribution in [2.75, 3.05) is 5.32 Å². The maximum absolute atomic E-state index is 13.9. The van der Waals surface area contributed by atoms with Crippen LogP contribution >= 0.6 is 0 Å². The number of H-pyrrole nitrogens is 1. The molecule has 0 radical (unpaired) electrons. The second-order valence-electron chi connectivity index (χ2n) is 8.02. The molecule has 0 fully saturated rings. The minimum absolute atomic E-state index is 0.116. The standard InChI is InChI=1S/C25H18N4O4S/c1-15-5-4-6-18(13-15)34(32,33)25-22-21(19-7-2-3-8-20(19)27-25)24(29(30)31)28-23(22)17-11-9-16(14-26)10-12-17/h2-13,25,27-28H,1H3. The first-order chi connectivity index (χ1) is 16.3. The monoisotopic (exact) mass is 470 g/mol. The Hall–Kier alpha value is -4.42. The number of rotatable bonds is 4. The van der Waals surface area contributed by atoms with Gasteiger partial charge in [-0.15, -0.1) is 0 Å². The summed E-state index contributed by atoms with van der Waals surface area (Å²) in [4.78, 5) is 14.5. The SMILES string of the molecule is Cc1cccc(S(=O)(=O)C2Nc3ccccc3-c3c([N+](=O)[O-])[nH]c(-c4ccc(C#N)cc4)c32)c1. The zero-order chi connectivity index (χ0) is 24.0. The smallest absolute Gasteiger partial charge is 0.329 e. The first kappa shape index (κ1) is 21.4. The van der Waals surface area contributed by atoms with E-state index in [1.807, 2.05) is 6.07 Å². The molecule has 1 aliphatic rings. The second-order valence-corrected chi connectivity index (χ2v) is 10.0. The molecule has 1 unspecified atom stereocenters. The molecule has 9 heteroatoms. The molecule has 0 saturated heterocycles. The van der Waals surface area contributed by atoms with Crippen molar-refractivity contribution in [3.8, 4) is 28.5 Å². The van der Waals surface area contributed by atoms with Gasteiger partial charge in [0.05, 0.1) is 27.7 Å². The summed E-state index contributed by atoms with van der Waals surface area (Å²) >= 11 is 0. The highest BCUT2D eigenvalue weighted by Crippen LogP contribution is 2.51. The van der Waals surface area contributed by atoms with Crippen molar-refractivity contribution in [2.45, 2.75) is 17.2 Å². The maximum Gasteiger partial charge on any atom is 0.329 e. The van der Waals surface area contributed by atoms with Crippen LogP contribution in [0, 0.1) is 28.4 Å². The number of nitrogens with one attached hydrogen (secondary N) is 2. The Balaban J connectivity index is 1.83.